The van der Waals surface area contributed by atoms with Gasteiger partial charge in [-0.2, -0.15) is 5.10 Å². The summed E-state index contributed by atoms with van der Waals surface area (Å²) < 4.78 is 1.83. The van der Waals surface area contributed by atoms with Crippen LogP contribution in [0, 0.1) is 0 Å². The molecule has 1 N–H and O–H groups in total. The second kappa shape index (κ2) is 4.21. The smallest absolute Gasteiger partial charge is 0.150 e. The Hall–Kier alpha value is -0.900. The molecule has 0 spiro atoms. The van der Waals surface area contributed by atoms with Crippen LogP contribution in [0.15, 0.2) is 0 Å². The second-order valence-electron chi connectivity index (χ2n) is 2.85. The maximum Gasteiger partial charge on any atom is 0.150 e. The Morgan fingerprint density at radius 2 is 2.25 bits per heavy atom. The third-order valence-corrected chi connectivity index (χ3v) is 1.71. The maximum atomic E-state index is 4.38. The maximum absolute atomic E-state index is 4.38. The fraction of sp³-hybridized carbons (Fsp3) is 0.750. The molecular formula is C8H16N4. The molecule has 1 rings (SSSR count). The normalized spacial score (nSPS) is 10.6. The van der Waals surface area contributed by atoms with E-state index in [1.165, 1.54) is 0 Å². The van der Waals surface area contributed by atoms with Crippen LogP contribution in [0.25, 0.3) is 0 Å². The Balaban J connectivity index is 2.70. The van der Waals surface area contributed by atoms with E-state index >= 15 is 0 Å². The first-order valence-electron chi connectivity index (χ1n) is 4.31. The zero-order chi connectivity index (χ0) is 8.97. The molecule has 12 heavy (non-hydrogen) atoms. The van der Waals surface area contributed by atoms with E-state index in [-0.39, 0.29) is 0 Å². The Labute approximate surface area is 73.0 Å². The van der Waals surface area contributed by atoms with Crippen molar-refractivity contribution in [2.45, 2.75) is 26.3 Å². The first kappa shape index (κ1) is 9.19. The Morgan fingerprint density at radius 1 is 1.50 bits per heavy atom. The van der Waals surface area contributed by atoms with Crippen LogP contribution in [0.1, 0.15) is 25.0 Å². The van der Waals surface area contributed by atoms with E-state index in [2.05, 4.69) is 22.3 Å². The Bertz CT molecular complexity index is 241. The molecule has 0 atom stereocenters. The monoisotopic (exact) mass is 168 g/mol. The molecule has 0 fully saturated rings. The molecule has 0 aliphatic heterocycles. The minimum absolute atomic E-state index is 0.785. The predicted octanol–water partition coefficient (Wildman–Crippen LogP) is 0.487. The average molecular weight is 168 g/mol. The minimum atomic E-state index is 0.785. The highest BCUT2D eigenvalue weighted by molar-refractivity contribution is 4.92. The minimum Gasteiger partial charge on any atom is -0.313 e. The zero-order valence-corrected chi connectivity index (χ0v) is 7.96. The molecule has 68 valence electrons. The number of nitrogens with one attached hydrogen (secondary N) is 1. The predicted molar refractivity (Wildman–Crippen MR) is 47.8 cm³/mol. The Kier molecular flexibility index (Phi) is 3.22. The van der Waals surface area contributed by atoms with Crippen LogP contribution in [0.5, 0.6) is 0 Å². The molecule has 4 nitrogen and oxygen atoms in total. The summed E-state index contributed by atoms with van der Waals surface area (Å²) in [5.74, 6) is 1.95. The molecule has 0 bridgehead atoms. The van der Waals surface area contributed by atoms with Gasteiger partial charge in [0.2, 0.25) is 0 Å². The highest BCUT2D eigenvalue weighted by Gasteiger charge is 2.03. The summed E-state index contributed by atoms with van der Waals surface area (Å²) in [6.07, 6.45) is 2.07. The summed E-state index contributed by atoms with van der Waals surface area (Å²) in [7, 11) is 3.84. The molecular weight excluding hydrogens is 152 g/mol. The van der Waals surface area contributed by atoms with Gasteiger partial charge >= 0.3 is 0 Å². The lowest BCUT2D eigenvalue weighted by molar-refractivity contribution is 0.655. The first-order chi connectivity index (χ1) is 5.77. The van der Waals surface area contributed by atoms with E-state index < -0.39 is 0 Å². The SMILES string of the molecule is CCCc1nc(CNC)n(C)n1. The lowest BCUT2D eigenvalue weighted by atomic mass is 10.3. The van der Waals surface area contributed by atoms with E-state index in [0.29, 0.717) is 0 Å². The number of rotatable bonds is 4. The van der Waals surface area contributed by atoms with E-state index in [4.69, 9.17) is 0 Å². The van der Waals surface area contributed by atoms with Crippen molar-refractivity contribution in [1.82, 2.24) is 20.1 Å². The van der Waals surface area contributed by atoms with Gasteiger partial charge in [0.1, 0.15) is 5.82 Å². The van der Waals surface area contributed by atoms with Gasteiger partial charge in [-0.1, -0.05) is 6.92 Å². The van der Waals surface area contributed by atoms with E-state index in [9.17, 15) is 0 Å². The average Bonchev–Trinajstić information content (AvgIpc) is 2.34. The summed E-state index contributed by atoms with van der Waals surface area (Å²) in [5.41, 5.74) is 0. The van der Waals surface area contributed by atoms with E-state index in [1.807, 2.05) is 18.8 Å². The highest BCUT2D eigenvalue weighted by Crippen LogP contribution is 1.98. The Morgan fingerprint density at radius 3 is 2.83 bits per heavy atom. The van der Waals surface area contributed by atoms with Crippen LogP contribution < -0.4 is 5.32 Å². The molecule has 0 saturated heterocycles. The number of hydrogen-bond acceptors (Lipinski definition) is 3. The van der Waals surface area contributed by atoms with E-state index in [0.717, 1.165) is 31.0 Å². The molecule has 0 radical (unpaired) electrons. The van der Waals surface area contributed by atoms with Crippen molar-refractivity contribution in [2.24, 2.45) is 7.05 Å². The van der Waals surface area contributed by atoms with Crippen LogP contribution in [-0.2, 0) is 20.0 Å². The molecule has 0 unspecified atom stereocenters. The molecule has 0 saturated carbocycles. The molecule has 1 aromatic heterocycles. The van der Waals surface area contributed by atoms with Gasteiger partial charge in [-0.25, -0.2) is 4.98 Å². The molecule has 0 amide bonds. The van der Waals surface area contributed by atoms with Crippen LogP contribution >= 0.6 is 0 Å². The number of nitrogens with zero attached hydrogens (tertiary/aromatic N) is 3. The second-order valence-corrected chi connectivity index (χ2v) is 2.85. The van der Waals surface area contributed by atoms with Crippen LogP contribution in [0.4, 0.5) is 0 Å². The zero-order valence-electron chi connectivity index (χ0n) is 7.96. The fourth-order valence-corrected chi connectivity index (χ4v) is 1.12. The standard InChI is InChI=1S/C8H16N4/c1-4-5-7-10-8(6-9-2)12(3)11-7/h9H,4-6H2,1-3H3. The third kappa shape index (κ3) is 2.04. The number of aromatic nitrogens is 3. The van der Waals surface area contributed by atoms with Crippen molar-refractivity contribution in [2.75, 3.05) is 7.05 Å². The molecule has 1 heterocycles. The van der Waals surface area contributed by atoms with Crippen LogP contribution in [0.3, 0.4) is 0 Å². The largest absolute Gasteiger partial charge is 0.313 e. The van der Waals surface area contributed by atoms with Crippen molar-refractivity contribution in [1.29, 1.82) is 0 Å². The van der Waals surface area contributed by atoms with Gasteiger partial charge in [0.25, 0.3) is 0 Å². The molecule has 1 aromatic rings. The first-order valence-corrected chi connectivity index (χ1v) is 4.31. The van der Waals surface area contributed by atoms with Crippen LogP contribution in [-0.4, -0.2) is 21.8 Å². The molecule has 0 aliphatic rings. The fourth-order valence-electron chi connectivity index (χ4n) is 1.12. The van der Waals surface area contributed by atoms with Crippen molar-refractivity contribution in [3.05, 3.63) is 11.6 Å². The summed E-state index contributed by atoms with van der Waals surface area (Å²) in [6, 6.07) is 0. The topological polar surface area (TPSA) is 42.7 Å². The van der Waals surface area contributed by atoms with Crippen molar-refractivity contribution >= 4 is 0 Å². The summed E-state index contributed by atoms with van der Waals surface area (Å²) in [5, 5.41) is 7.34. The van der Waals surface area contributed by atoms with Crippen LogP contribution in [0.2, 0.25) is 0 Å². The van der Waals surface area contributed by atoms with Crippen molar-refractivity contribution in [3.63, 3.8) is 0 Å². The van der Waals surface area contributed by atoms with Gasteiger partial charge in [-0.3, -0.25) is 4.68 Å². The number of hydrogen-bond donors (Lipinski definition) is 1. The summed E-state index contributed by atoms with van der Waals surface area (Å²) >= 11 is 0. The lowest BCUT2D eigenvalue weighted by Gasteiger charge is -1.95. The van der Waals surface area contributed by atoms with Gasteiger partial charge in [0.05, 0.1) is 6.54 Å². The van der Waals surface area contributed by atoms with E-state index in [1.54, 1.807) is 0 Å². The van der Waals surface area contributed by atoms with Crippen molar-refractivity contribution in [3.8, 4) is 0 Å². The summed E-state index contributed by atoms with van der Waals surface area (Å²) in [4.78, 5) is 4.38. The highest BCUT2D eigenvalue weighted by atomic mass is 15.3. The molecule has 0 aliphatic carbocycles. The quantitative estimate of drug-likeness (QED) is 0.711. The van der Waals surface area contributed by atoms with Gasteiger partial charge < -0.3 is 5.32 Å². The lowest BCUT2D eigenvalue weighted by Crippen LogP contribution is -2.10. The molecule has 4 heteroatoms. The van der Waals surface area contributed by atoms with Crippen molar-refractivity contribution < 1.29 is 0 Å². The number of aryl methyl sites for hydroxylation is 2. The van der Waals surface area contributed by atoms with Gasteiger partial charge in [0.15, 0.2) is 5.82 Å². The van der Waals surface area contributed by atoms with Gasteiger partial charge in [-0.05, 0) is 13.5 Å². The third-order valence-electron chi connectivity index (χ3n) is 1.71. The molecule has 0 aromatic carbocycles. The van der Waals surface area contributed by atoms with Gasteiger partial charge in [-0.15, -0.1) is 0 Å². The summed E-state index contributed by atoms with van der Waals surface area (Å²) in [6.45, 7) is 2.92. The van der Waals surface area contributed by atoms with Gasteiger partial charge in [0, 0.05) is 13.5 Å².